The first kappa shape index (κ1) is 16.6. The second-order valence-corrected chi connectivity index (χ2v) is 5.23. The lowest BCUT2D eigenvalue weighted by atomic mass is 10.2. The molecule has 25 heavy (non-hydrogen) atoms. The van der Waals surface area contributed by atoms with Crippen molar-refractivity contribution in [3.05, 3.63) is 59.9 Å². The summed E-state index contributed by atoms with van der Waals surface area (Å²) in [6.07, 6.45) is 0. The van der Waals surface area contributed by atoms with Crippen LogP contribution in [-0.4, -0.2) is 33.2 Å². The molecule has 0 saturated heterocycles. The summed E-state index contributed by atoms with van der Waals surface area (Å²) in [4.78, 5) is 14.6. The Labute approximate surface area is 140 Å². The molecule has 0 unspecified atom stereocenters. The number of halogens is 3. The highest BCUT2D eigenvalue weighted by molar-refractivity contribution is 5.92. The Hall–Kier alpha value is -3.23. The molecule has 0 aliphatic heterocycles. The maximum atomic E-state index is 13.2. The minimum atomic E-state index is -0.765. The van der Waals surface area contributed by atoms with Crippen LogP contribution in [0, 0.1) is 17.5 Å². The van der Waals surface area contributed by atoms with Crippen molar-refractivity contribution in [3.63, 3.8) is 0 Å². The molecule has 0 N–H and O–H groups in total. The van der Waals surface area contributed by atoms with Crippen molar-refractivity contribution in [2.45, 2.75) is 6.54 Å². The average molecular weight is 347 g/mol. The highest BCUT2D eigenvalue weighted by Crippen LogP contribution is 2.17. The van der Waals surface area contributed by atoms with E-state index in [0.717, 1.165) is 23.0 Å². The second kappa shape index (κ2) is 6.71. The summed E-state index contributed by atoms with van der Waals surface area (Å²) in [6, 6.07) is 8.27. The van der Waals surface area contributed by atoms with Crippen molar-refractivity contribution in [3.8, 4) is 11.4 Å². The first-order chi connectivity index (χ1) is 11.9. The van der Waals surface area contributed by atoms with Gasteiger partial charge in [-0.15, -0.1) is 10.2 Å². The maximum Gasteiger partial charge on any atom is 0.250 e. The number of carbonyl (C=O) groups excluding carboxylic acids is 1. The van der Waals surface area contributed by atoms with Gasteiger partial charge in [0.15, 0.2) is 0 Å². The highest BCUT2D eigenvalue weighted by atomic mass is 19.1. The van der Waals surface area contributed by atoms with Gasteiger partial charge in [0.1, 0.15) is 24.0 Å². The normalized spacial score (nSPS) is 10.7. The van der Waals surface area contributed by atoms with E-state index in [0.29, 0.717) is 5.69 Å². The van der Waals surface area contributed by atoms with E-state index in [4.69, 9.17) is 0 Å². The zero-order chi connectivity index (χ0) is 18.0. The molecule has 6 nitrogen and oxygen atoms in total. The van der Waals surface area contributed by atoms with Gasteiger partial charge in [0.2, 0.25) is 11.7 Å². The summed E-state index contributed by atoms with van der Waals surface area (Å²) in [5.41, 5.74) is 0.613. The summed E-state index contributed by atoms with van der Waals surface area (Å²) < 4.78 is 39.4. The van der Waals surface area contributed by atoms with E-state index in [1.54, 1.807) is 0 Å². The van der Waals surface area contributed by atoms with Crippen LogP contribution in [-0.2, 0) is 11.3 Å². The molecule has 0 radical (unpaired) electrons. The lowest BCUT2D eigenvalue weighted by molar-refractivity contribution is -0.119. The van der Waals surface area contributed by atoms with Crippen molar-refractivity contribution >= 4 is 11.6 Å². The third kappa shape index (κ3) is 3.82. The Balaban J connectivity index is 1.74. The number of anilines is 1. The third-order valence-corrected chi connectivity index (χ3v) is 3.44. The zero-order valence-electron chi connectivity index (χ0n) is 13.0. The van der Waals surface area contributed by atoms with E-state index in [1.807, 2.05) is 0 Å². The van der Waals surface area contributed by atoms with Gasteiger partial charge in [0, 0.05) is 24.4 Å². The van der Waals surface area contributed by atoms with E-state index < -0.39 is 17.5 Å². The molecular formula is C16H12F3N5O. The molecule has 128 valence electrons. The number of rotatable bonds is 4. The van der Waals surface area contributed by atoms with E-state index in [9.17, 15) is 18.0 Å². The Morgan fingerprint density at radius 3 is 2.32 bits per heavy atom. The molecule has 0 aliphatic carbocycles. The van der Waals surface area contributed by atoms with Crippen LogP contribution >= 0.6 is 0 Å². The molecule has 1 heterocycles. The van der Waals surface area contributed by atoms with Crippen LogP contribution in [0.3, 0.4) is 0 Å². The number of hydrogen-bond acceptors (Lipinski definition) is 4. The van der Waals surface area contributed by atoms with Gasteiger partial charge in [0.25, 0.3) is 0 Å². The fraction of sp³-hybridized carbons (Fsp3) is 0.125. The van der Waals surface area contributed by atoms with Crippen molar-refractivity contribution in [1.82, 2.24) is 20.2 Å². The third-order valence-electron chi connectivity index (χ3n) is 3.44. The molecular weight excluding hydrogens is 335 g/mol. The Kier molecular flexibility index (Phi) is 4.46. The summed E-state index contributed by atoms with van der Waals surface area (Å²) in [5, 5.41) is 11.3. The van der Waals surface area contributed by atoms with Crippen molar-refractivity contribution in [1.29, 1.82) is 0 Å². The molecule has 0 bridgehead atoms. The van der Waals surface area contributed by atoms with Crippen LogP contribution in [0.4, 0.5) is 18.9 Å². The molecule has 1 amide bonds. The van der Waals surface area contributed by atoms with Gasteiger partial charge >= 0.3 is 0 Å². The molecule has 1 aromatic heterocycles. The van der Waals surface area contributed by atoms with Gasteiger partial charge in [-0.25, -0.2) is 13.2 Å². The van der Waals surface area contributed by atoms with Crippen molar-refractivity contribution in [2.24, 2.45) is 0 Å². The standard InChI is InChI=1S/C16H12F3N5O/c1-23(14-4-2-11(17)3-5-14)15(25)9-24-21-16(20-22-24)10-6-12(18)8-13(19)7-10/h2-8H,9H2,1H3. The van der Waals surface area contributed by atoms with Gasteiger partial charge in [-0.05, 0) is 41.6 Å². The number of benzene rings is 2. The topological polar surface area (TPSA) is 63.9 Å². The van der Waals surface area contributed by atoms with Gasteiger partial charge in [-0.3, -0.25) is 4.79 Å². The van der Waals surface area contributed by atoms with E-state index in [2.05, 4.69) is 15.4 Å². The van der Waals surface area contributed by atoms with E-state index in [-0.39, 0.29) is 23.8 Å². The lowest BCUT2D eigenvalue weighted by Crippen LogP contribution is -2.30. The van der Waals surface area contributed by atoms with Crippen LogP contribution in [0.2, 0.25) is 0 Å². The molecule has 3 aromatic rings. The predicted molar refractivity (Wildman–Crippen MR) is 83.0 cm³/mol. The number of aromatic nitrogens is 4. The lowest BCUT2D eigenvalue weighted by Gasteiger charge is -2.16. The minimum Gasteiger partial charge on any atom is -0.314 e. The first-order valence-electron chi connectivity index (χ1n) is 7.19. The van der Waals surface area contributed by atoms with Crippen LogP contribution < -0.4 is 4.90 Å². The van der Waals surface area contributed by atoms with Gasteiger partial charge in [-0.2, -0.15) is 4.80 Å². The largest absolute Gasteiger partial charge is 0.314 e. The molecule has 0 spiro atoms. The van der Waals surface area contributed by atoms with Crippen molar-refractivity contribution < 1.29 is 18.0 Å². The second-order valence-electron chi connectivity index (χ2n) is 5.23. The smallest absolute Gasteiger partial charge is 0.250 e. The maximum absolute atomic E-state index is 13.2. The van der Waals surface area contributed by atoms with Gasteiger partial charge in [0.05, 0.1) is 0 Å². The first-order valence-corrected chi connectivity index (χ1v) is 7.19. The summed E-state index contributed by atoms with van der Waals surface area (Å²) in [6.45, 7) is -0.237. The SMILES string of the molecule is CN(C(=O)Cn1nnc(-c2cc(F)cc(F)c2)n1)c1ccc(F)cc1. The number of amides is 1. The summed E-state index contributed by atoms with van der Waals surface area (Å²) in [7, 11) is 1.52. The number of likely N-dealkylation sites (N-methyl/N-ethyl adjacent to an activating group) is 1. The van der Waals surface area contributed by atoms with Crippen LogP contribution in [0.5, 0.6) is 0 Å². The average Bonchev–Trinajstić information content (AvgIpc) is 3.02. The summed E-state index contributed by atoms with van der Waals surface area (Å²) >= 11 is 0. The summed E-state index contributed by atoms with van der Waals surface area (Å²) in [5.74, 6) is -2.32. The Bertz CT molecular complexity index is 890. The monoisotopic (exact) mass is 347 g/mol. The van der Waals surface area contributed by atoms with Gasteiger partial charge in [-0.1, -0.05) is 0 Å². The minimum absolute atomic E-state index is 0.00404. The quantitative estimate of drug-likeness (QED) is 0.727. The number of hydrogen-bond donors (Lipinski definition) is 0. The highest BCUT2D eigenvalue weighted by Gasteiger charge is 2.15. The van der Waals surface area contributed by atoms with Crippen LogP contribution in [0.15, 0.2) is 42.5 Å². The van der Waals surface area contributed by atoms with Crippen molar-refractivity contribution in [2.75, 3.05) is 11.9 Å². The fourth-order valence-electron chi connectivity index (χ4n) is 2.14. The van der Waals surface area contributed by atoms with E-state index >= 15 is 0 Å². The molecule has 0 atom stereocenters. The molecule has 2 aromatic carbocycles. The van der Waals surface area contributed by atoms with E-state index in [1.165, 1.54) is 36.2 Å². The molecule has 0 fully saturated rings. The number of carbonyl (C=O) groups is 1. The fourth-order valence-corrected chi connectivity index (χ4v) is 2.14. The molecule has 9 heteroatoms. The zero-order valence-corrected chi connectivity index (χ0v) is 13.0. The van der Waals surface area contributed by atoms with Gasteiger partial charge < -0.3 is 4.90 Å². The number of tetrazole rings is 1. The predicted octanol–water partition coefficient (Wildman–Crippen LogP) is 2.42. The van der Waals surface area contributed by atoms with Crippen LogP contribution in [0.1, 0.15) is 0 Å². The Morgan fingerprint density at radius 2 is 1.68 bits per heavy atom. The Morgan fingerprint density at radius 1 is 1.04 bits per heavy atom. The molecule has 0 saturated carbocycles. The van der Waals surface area contributed by atoms with Crippen LogP contribution in [0.25, 0.3) is 11.4 Å². The molecule has 3 rings (SSSR count). The number of nitrogens with zero attached hydrogens (tertiary/aromatic N) is 5. The molecule has 0 aliphatic rings.